The molecule has 19 heavy (non-hydrogen) atoms. The minimum Gasteiger partial charge on any atom is -0.481 e. The zero-order valence-corrected chi connectivity index (χ0v) is 11.2. The molecule has 0 fully saturated rings. The van der Waals surface area contributed by atoms with Crippen LogP contribution in [0.5, 0.6) is 11.8 Å². The van der Waals surface area contributed by atoms with E-state index in [1.165, 1.54) is 0 Å². The highest BCUT2D eigenvalue weighted by atomic mass is 16.5. The van der Waals surface area contributed by atoms with E-state index in [4.69, 9.17) is 9.47 Å². The van der Waals surface area contributed by atoms with Crippen LogP contribution in [0.15, 0.2) is 24.5 Å². The first-order valence-corrected chi connectivity index (χ1v) is 5.92. The molecule has 0 saturated heterocycles. The maximum absolute atomic E-state index is 5.10. The smallest absolute Gasteiger partial charge is 0.229 e. The summed E-state index contributed by atoms with van der Waals surface area (Å²) in [7, 11) is 3.11. The van der Waals surface area contributed by atoms with E-state index in [9.17, 15) is 0 Å². The maximum Gasteiger partial charge on any atom is 0.229 e. The molecule has 0 bridgehead atoms. The minimum atomic E-state index is 0.122. The van der Waals surface area contributed by atoms with Crippen LogP contribution in [0.25, 0.3) is 0 Å². The molecule has 1 N–H and O–H groups in total. The van der Waals surface area contributed by atoms with Crippen molar-refractivity contribution in [2.24, 2.45) is 0 Å². The van der Waals surface area contributed by atoms with Crippen LogP contribution in [0.1, 0.15) is 6.92 Å². The Kier molecular flexibility index (Phi) is 4.17. The Balaban J connectivity index is 2.05. The van der Waals surface area contributed by atoms with Crippen LogP contribution in [0.3, 0.4) is 0 Å². The van der Waals surface area contributed by atoms with Crippen molar-refractivity contribution in [1.82, 2.24) is 19.7 Å². The molecule has 0 unspecified atom stereocenters. The molecule has 7 heteroatoms. The van der Waals surface area contributed by atoms with E-state index in [-0.39, 0.29) is 6.04 Å². The highest BCUT2D eigenvalue weighted by molar-refractivity contribution is 5.34. The fourth-order valence-electron chi connectivity index (χ4n) is 1.63. The predicted octanol–water partition coefficient (Wildman–Crippen LogP) is 1.19. The fourth-order valence-corrected chi connectivity index (χ4v) is 1.63. The number of nitrogens with one attached hydrogen (secondary N) is 1. The van der Waals surface area contributed by atoms with Crippen LogP contribution in [-0.2, 0) is 6.54 Å². The molecular formula is C12H17N5O2. The van der Waals surface area contributed by atoms with Crippen molar-refractivity contribution in [3.8, 4) is 11.8 Å². The summed E-state index contributed by atoms with van der Waals surface area (Å²) < 4.78 is 12.0. The Morgan fingerprint density at radius 3 is 2.47 bits per heavy atom. The van der Waals surface area contributed by atoms with Crippen molar-refractivity contribution in [3.05, 3.63) is 24.5 Å². The van der Waals surface area contributed by atoms with Crippen molar-refractivity contribution in [2.45, 2.75) is 19.5 Å². The van der Waals surface area contributed by atoms with E-state index >= 15 is 0 Å². The first kappa shape index (κ1) is 13.1. The second kappa shape index (κ2) is 6.03. The van der Waals surface area contributed by atoms with Crippen LogP contribution in [0.4, 0.5) is 5.95 Å². The molecule has 0 aliphatic carbocycles. The van der Waals surface area contributed by atoms with Gasteiger partial charge in [0.15, 0.2) is 0 Å². The third-order valence-corrected chi connectivity index (χ3v) is 2.49. The molecule has 2 aromatic heterocycles. The van der Waals surface area contributed by atoms with Crippen molar-refractivity contribution in [3.63, 3.8) is 0 Å². The predicted molar refractivity (Wildman–Crippen MR) is 70.4 cm³/mol. The molecule has 102 valence electrons. The molecule has 2 aromatic rings. The van der Waals surface area contributed by atoms with E-state index in [1.54, 1.807) is 26.5 Å². The lowest BCUT2D eigenvalue weighted by molar-refractivity contribution is 0.372. The number of methoxy groups -OCH3 is 2. The fraction of sp³-hybridized carbons (Fsp3) is 0.417. The third-order valence-electron chi connectivity index (χ3n) is 2.49. The maximum atomic E-state index is 5.10. The number of nitrogens with zero attached hydrogens (tertiary/aromatic N) is 4. The van der Waals surface area contributed by atoms with Gasteiger partial charge in [-0.3, -0.25) is 4.68 Å². The lowest BCUT2D eigenvalue weighted by Gasteiger charge is -2.14. The molecule has 0 spiro atoms. The van der Waals surface area contributed by atoms with Gasteiger partial charge in [-0.05, 0) is 13.0 Å². The summed E-state index contributed by atoms with van der Waals surface area (Å²) in [6, 6.07) is 3.64. The zero-order chi connectivity index (χ0) is 13.7. The number of anilines is 1. The summed E-state index contributed by atoms with van der Waals surface area (Å²) in [6.07, 6.45) is 3.66. The van der Waals surface area contributed by atoms with Crippen molar-refractivity contribution >= 4 is 5.95 Å². The molecule has 7 nitrogen and oxygen atoms in total. The van der Waals surface area contributed by atoms with Crippen LogP contribution in [0, 0.1) is 0 Å². The lowest BCUT2D eigenvalue weighted by Crippen LogP contribution is -2.23. The Hall–Kier alpha value is -2.31. The van der Waals surface area contributed by atoms with Gasteiger partial charge >= 0.3 is 0 Å². The average molecular weight is 263 g/mol. The third kappa shape index (κ3) is 3.57. The Bertz CT molecular complexity index is 493. The molecular weight excluding hydrogens is 246 g/mol. The molecule has 0 aliphatic heterocycles. The number of hydrogen-bond acceptors (Lipinski definition) is 6. The number of hydrogen-bond donors (Lipinski definition) is 1. The van der Waals surface area contributed by atoms with E-state index in [0.29, 0.717) is 17.7 Å². The van der Waals surface area contributed by atoms with Gasteiger partial charge in [-0.25, -0.2) is 0 Å². The minimum absolute atomic E-state index is 0.122. The van der Waals surface area contributed by atoms with E-state index in [2.05, 4.69) is 20.4 Å². The zero-order valence-electron chi connectivity index (χ0n) is 11.2. The highest BCUT2D eigenvalue weighted by Gasteiger charge is 2.09. The van der Waals surface area contributed by atoms with E-state index in [1.807, 2.05) is 23.9 Å². The molecule has 0 amide bonds. The summed E-state index contributed by atoms with van der Waals surface area (Å²) in [5.74, 6) is 1.39. The molecule has 0 aliphatic rings. The van der Waals surface area contributed by atoms with Gasteiger partial charge in [0.2, 0.25) is 17.7 Å². The normalized spacial score (nSPS) is 11.9. The molecule has 1 atom stereocenters. The van der Waals surface area contributed by atoms with E-state index in [0.717, 1.165) is 6.54 Å². The van der Waals surface area contributed by atoms with Gasteiger partial charge in [-0.15, -0.1) is 0 Å². The molecule has 0 saturated carbocycles. The topological polar surface area (TPSA) is 74.1 Å². The first-order chi connectivity index (χ1) is 9.21. The molecule has 2 rings (SSSR count). The summed E-state index contributed by atoms with van der Waals surface area (Å²) in [6.45, 7) is 2.74. The number of ether oxygens (including phenoxy) is 2. The van der Waals surface area contributed by atoms with Crippen LogP contribution in [0.2, 0.25) is 0 Å². The van der Waals surface area contributed by atoms with Crippen LogP contribution >= 0.6 is 0 Å². The Labute approximate surface area is 111 Å². The Morgan fingerprint density at radius 1 is 1.26 bits per heavy atom. The summed E-state index contributed by atoms with van der Waals surface area (Å²) in [5, 5.41) is 7.34. The van der Waals surface area contributed by atoms with Crippen molar-refractivity contribution in [2.75, 3.05) is 19.5 Å². The lowest BCUT2D eigenvalue weighted by atomic mass is 10.3. The second-order valence-corrected chi connectivity index (χ2v) is 4.05. The van der Waals surface area contributed by atoms with Gasteiger partial charge in [-0.2, -0.15) is 15.1 Å². The number of rotatable bonds is 6. The highest BCUT2D eigenvalue weighted by Crippen LogP contribution is 2.17. The van der Waals surface area contributed by atoms with Crippen LogP contribution in [-0.4, -0.2) is 40.0 Å². The van der Waals surface area contributed by atoms with Crippen molar-refractivity contribution < 1.29 is 9.47 Å². The first-order valence-electron chi connectivity index (χ1n) is 5.92. The van der Waals surface area contributed by atoms with Gasteiger partial charge in [0.05, 0.1) is 26.8 Å². The average Bonchev–Trinajstić information content (AvgIpc) is 2.90. The van der Waals surface area contributed by atoms with Crippen LogP contribution < -0.4 is 14.8 Å². The SMILES string of the molecule is COc1cc(OC)nc(N[C@H](C)Cn2cccn2)n1. The molecule has 2 heterocycles. The summed E-state index contributed by atoms with van der Waals surface area (Å²) in [4.78, 5) is 8.43. The van der Waals surface area contributed by atoms with E-state index < -0.39 is 0 Å². The molecule has 0 radical (unpaired) electrons. The largest absolute Gasteiger partial charge is 0.481 e. The van der Waals surface area contributed by atoms with Gasteiger partial charge in [-0.1, -0.05) is 0 Å². The standard InChI is InChI=1S/C12H17N5O2/c1-9(8-17-6-4-5-13-17)14-12-15-10(18-2)7-11(16-12)19-3/h4-7,9H,8H2,1-3H3,(H,14,15,16)/t9-/m1/s1. The quantitative estimate of drug-likeness (QED) is 0.844. The summed E-state index contributed by atoms with van der Waals surface area (Å²) >= 11 is 0. The van der Waals surface area contributed by atoms with Gasteiger partial charge in [0, 0.05) is 18.4 Å². The molecule has 0 aromatic carbocycles. The summed E-state index contributed by atoms with van der Waals surface area (Å²) in [5.41, 5.74) is 0. The van der Waals surface area contributed by atoms with Crippen molar-refractivity contribution in [1.29, 1.82) is 0 Å². The second-order valence-electron chi connectivity index (χ2n) is 4.05. The van der Waals surface area contributed by atoms with Gasteiger partial charge in [0.25, 0.3) is 0 Å². The van der Waals surface area contributed by atoms with Gasteiger partial charge < -0.3 is 14.8 Å². The number of aromatic nitrogens is 4. The monoisotopic (exact) mass is 263 g/mol. The Morgan fingerprint density at radius 2 is 1.95 bits per heavy atom. The van der Waals surface area contributed by atoms with Gasteiger partial charge in [0.1, 0.15) is 0 Å².